The molecule has 0 spiro atoms. The lowest BCUT2D eigenvalue weighted by molar-refractivity contribution is 0.0324. The average molecular weight is 190 g/mol. The molecule has 2 nitrogen and oxygen atoms in total. The van der Waals surface area contributed by atoms with Gasteiger partial charge in [-0.1, -0.05) is 13.8 Å². The lowest BCUT2D eigenvalue weighted by atomic mass is 9.95. The average Bonchev–Trinajstić information content (AvgIpc) is 1.83. The van der Waals surface area contributed by atoms with Crippen LogP contribution in [0.15, 0.2) is 0 Å². The molecule has 3 heteroatoms. The molecule has 1 fully saturated rings. The Morgan fingerprint density at radius 2 is 2.17 bits per heavy atom. The minimum Gasteiger partial charge on any atom is -0.389 e. The van der Waals surface area contributed by atoms with Gasteiger partial charge >= 0.3 is 0 Å². The van der Waals surface area contributed by atoms with Gasteiger partial charge in [-0.2, -0.15) is 11.8 Å². The van der Waals surface area contributed by atoms with E-state index >= 15 is 0 Å². The number of ether oxygens (including phenoxy) is 1. The van der Waals surface area contributed by atoms with Crippen molar-refractivity contribution in [1.29, 1.82) is 0 Å². The van der Waals surface area contributed by atoms with Gasteiger partial charge in [0, 0.05) is 5.75 Å². The highest BCUT2D eigenvalue weighted by molar-refractivity contribution is 8.00. The van der Waals surface area contributed by atoms with Crippen LogP contribution in [0.25, 0.3) is 0 Å². The number of aliphatic hydroxyl groups is 1. The fourth-order valence-electron chi connectivity index (χ4n) is 0.764. The summed E-state index contributed by atoms with van der Waals surface area (Å²) in [6.45, 7) is 7.73. The van der Waals surface area contributed by atoms with Crippen LogP contribution in [0.2, 0.25) is 0 Å². The van der Waals surface area contributed by atoms with Crippen molar-refractivity contribution in [3.05, 3.63) is 0 Å². The lowest BCUT2D eigenvalue weighted by Crippen LogP contribution is -2.38. The van der Waals surface area contributed by atoms with Crippen LogP contribution in [0, 0.1) is 5.92 Å². The number of hydrogen-bond donors (Lipinski definition) is 1. The smallest absolute Gasteiger partial charge is 0.0732 e. The van der Waals surface area contributed by atoms with Gasteiger partial charge in [0.05, 0.1) is 24.1 Å². The van der Waals surface area contributed by atoms with E-state index in [1.807, 2.05) is 18.7 Å². The molecule has 1 unspecified atom stereocenters. The number of hydrogen-bond acceptors (Lipinski definition) is 3. The van der Waals surface area contributed by atoms with E-state index in [0.29, 0.717) is 11.2 Å². The summed E-state index contributed by atoms with van der Waals surface area (Å²) in [6.07, 6.45) is 0. The first-order chi connectivity index (χ1) is 5.52. The topological polar surface area (TPSA) is 29.5 Å². The zero-order valence-electron chi connectivity index (χ0n) is 8.04. The van der Waals surface area contributed by atoms with Crippen LogP contribution in [0.3, 0.4) is 0 Å². The van der Waals surface area contributed by atoms with Crippen LogP contribution in [0.5, 0.6) is 0 Å². The normalized spacial score (nSPS) is 23.8. The van der Waals surface area contributed by atoms with Gasteiger partial charge in [-0.15, -0.1) is 0 Å². The third-order valence-corrected chi connectivity index (χ3v) is 3.96. The Kier molecular flexibility index (Phi) is 3.44. The summed E-state index contributed by atoms with van der Waals surface area (Å²) in [4.78, 5) is 0. The first kappa shape index (κ1) is 10.4. The first-order valence-electron chi connectivity index (χ1n) is 4.44. The van der Waals surface area contributed by atoms with E-state index in [0.717, 1.165) is 19.0 Å². The summed E-state index contributed by atoms with van der Waals surface area (Å²) in [7, 11) is 0. The van der Waals surface area contributed by atoms with Gasteiger partial charge in [0.2, 0.25) is 0 Å². The lowest BCUT2D eigenvalue weighted by Gasteiger charge is -2.32. The van der Waals surface area contributed by atoms with Crippen LogP contribution < -0.4 is 0 Å². The van der Waals surface area contributed by atoms with Gasteiger partial charge in [0.1, 0.15) is 0 Å². The first-order valence-corrected chi connectivity index (χ1v) is 5.49. The standard InChI is InChI=1S/C9H18O2S/c1-7(2)9(3,10)6-12-8-4-11-5-8/h7-8,10H,4-6H2,1-3H3. The zero-order valence-corrected chi connectivity index (χ0v) is 8.86. The Morgan fingerprint density at radius 3 is 2.50 bits per heavy atom. The van der Waals surface area contributed by atoms with E-state index in [2.05, 4.69) is 13.8 Å². The molecule has 0 bridgehead atoms. The molecule has 1 N–H and O–H groups in total. The third kappa shape index (κ3) is 2.64. The van der Waals surface area contributed by atoms with E-state index in [1.54, 1.807) is 0 Å². The van der Waals surface area contributed by atoms with E-state index in [9.17, 15) is 5.11 Å². The van der Waals surface area contributed by atoms with Crippen LogP contribution >= 0.6 is 11.8 Å². The summed E-state index contributed by atoms with van der Waals surface area (Å²) >= 11 is 1.82. The summed E-state index contributed by atoms with van der Waals surface area (Å²) in [5, 5.41) is 10.5. The minimum absolute atomic E-state index is 0.325. The highest BCUT2D eigenvalue weighted by Crippen LogP contribution is 2.27. The van der Waals surface area contributed by atoms with Crippen LogP contribution in [0.1, 0.15) is 20.8 Å². The molecular formula is C9H18O2S. The van der Waals surface area contributed by atoms with Crippen molar-refractivity contribution < 1.29 is 9.84 Å². The molecule has 1 rings (SSSR count). The molecule has 12 heavy (non-hydrogen) atoms. The molecule has 72 valence electrons. The van der Waals surface area contributed by atoms with Crippen molar-refractivity contribution in [2.45, 2.75) is 31.6 Å². The van der Waals surface area contributed by atoms with E-state index < -0.39 is 5.60 Å². The fourth-order valence-corrected chi connectivity index (χ4v) is 2.05. The van der Waals surface area contributed by atoms with Gasteiger partial charge in [-0.05, 0) is 12.8 Å². The maximum atomic E-state index is 9.90. The molecule has 0 radical (unpaired) electrons. The SMILES string of the molecule is CC(C)C(C)(O)CSC1COC1. The molecule has 0 aromatic carbocycles. The van der Waals surface area contributed by atoms with Crippen molar-refractivity contribution in [2.24, 2.45) is 5.92 Å². The van der Waals surface area contributed by atoms with Crippen molar-refractivity contribution in [3.63, 3.8) is 0 Å². The molecule has 1 aliphatic heterocycles. The highest BCUT2D eigenvalue weighted by atomic mass is 32.2. The molecule has 1 heterocycles. The second kappa shape index (κ2) is 3.99. The largest absolute Gasteiger partial charge is 0.389 e. The van der Waals surface area contributed by atoms with Crippen molar-refractivity contribution in [1.82, 2.24) is 0 Å². The van der Waals surface area contributed by atoms with Crippen molar-refractivity contribution in [2.75, 3.05) is 19.0 Å². The maximum Gasteiger partial charge on any atom is 0.0732 e. The Morgan fingerprint density at radius 1 is 1.58 bits per heavy atom. The van der Waals surface area contributed by atoms with Crippen LogP contribution in [-0.2, 0) is 4.74 Å². The maximum absolute atomic E-state index is 9.90. The van der Waals surface area contributed by atoms with Crippen molar-refractivity contribution >= 4 is 11.8 Å². The Labute approximate surface area is 78.7 Å². The Bertz CT molecular complexity index is 141. The molecule has 0 amide bonds. The van der Waals surface area contributed by atoms with E-state index in [1.165, 1.54) is 0 Å². The highest BCUT2D eigenvalue weighted by Gasteiger charge is 2.28. The third-order valence-electron chi connectivity index (χ3n) is 2.46. The molecule has 0 aliphatic carbocycles. The minimum atomic E-state index is -0.528. The summed E-state index contributed by atoms with van der Waals surface area (Å²) in [5.74, 6) is 1.14. The van der Waals surface area contributed by atoms with E-state index in [-0.39, 0.29) is 0 Å². The van der Waals surface area contributed by atoms with Gasteiger partial charge in [-0.25, -0.2) is 0 Å². The second-order valence-corrected chi connectivity index (χ2v) is 5.27. The number of thioether (sulfide) groups is 1. The molecule has 0 aromatic rings. The van der Waals surface area contributed by atoms with Crippen LogP contribution in [-0.4, -0.2) is 34.9 Å². The fraction of sp³-hybridized carbons (Fsp3) is 1.00. The summed E-state index contributed by atoms with van der Waals surface area (Å²) in [5.41, 5.74) is -0.528. The predicted molar refractivity (Wildman–Crippen MR) is 52.5 cm³/mol. The second-order valence-electron chi connectivity index (χ2n) is 3.98. The molecular weight excluding hydrogens is 172 g/mol. The summed E-state index contributed by atoms with van der Waals surface area (Å²) < 4.78 is 5.06. The Hall–Kier alpha value is 0.270. The van der Waals surface area contributed by atoms with Crippen LogP contribution in [0.4, 0.5) is 0 Å². The van der Waals surface area contributed by atoms with Crippen molar-refractivity contribution in [3.8, 4) is 0 Å². The molecule has 1 aliphatic rings. The Balaban J connectivity index is 2.19. The molecule has 0 aromatic heterocycles. The predicted octanol–water partition coefficient (Wildman–Crippen LogP) is 1.53. The van der Waals surface area contributed by atoms with E-state index in [4.69, 9.17) is 4.74 Å². The van der Waals surface area contributed by atoms with Gasteiger partial charge in [0.15, 0.2) is 0 Å². The quantitative estimate of drug-likeness (QED) is 0.729. The number of rotatable bonds is 4. The summed E-state index contributed by atoms with van der Waals surface area (Å²) in [6, 6.07) is 0. The van der Waals surface area contributed by atoms with Gasteiger partial charge < -0.3 is 9.84 Å². The zero-order chi connectivity index (χ0) is 9.19. The monoisotopic (exact) mass is 190 g/mol. The van der Waals surface area contributed by atoms with Gasteiger partial charge in [-0.3, -0.25) is 0 Å². The molecule has 1 atom stereocenters. The molecule has 0 saturated carbocycles. The van der Waals surface area contributed by atoms with Gasteiger partial charge in [0.25, 0.3) is 0 Å². The molecule has 1 saturated heterocycles.